The Balaban J connectivity index is 2.03. The Morgan fingerprint density at radius 1 is 1.42 bits per heavy atom. The predicted molar refractivity (Wildman–Crippen MR) is 97.2 cm³/mol. The molecule has 5 heteroatoms. The lowest BCUT2D eigenvalue weighted by Gasteiger charge is -2.65. The molecule has 0 saturated heterocycles. The SMILES string of the molecule is C=C1C[C@]23CC[C@H](C(C)(C)O)[C@@](C)(CCC(=O)OC)[C@@H]2C[C@H]1[C@@H](O)C3=O. The number of fused-ring (bicyclic) bond motifs is 2. The van der Waals surface area contributed by atoms with Crippen molar-refractivity contribution in [1.29, 1.82) is 0 Å². The van der Waals surface area contributed by atoms with Crippen molar-refractivity contribution in [3.63, 3.8) is 0 Å². The molecular formula is C21H32O5. The van der Waals surface area contributed by atoms with Gasteiger partial charge in [-0.15, -0.1) is 0 Å². The van der Waals surface area contributed by atoms with Crippen molar-refractivity contribution >= 4 is 11.8 Å². The molecule has 146 valence electrons. The van der Waals surface area contributed by atoms with Gasteiger partial charge in [0.1, 0.15) is 6.10 Å². The maximum atomic E-state index is 13.1. The van der Waals surface area contributed by atoms with E-state index in [2.05, 4.69) is 13.5 Å². The number of aliphatic hydroxyl groups is 2. The van der Waals surface area contributed by atoms with Crippen molar-refractivity contribution in [2.45, 2.75) is 71.0 Å². The van der Waals surface area contributed by atoms with Crippen LogP contribution in [0, 0.1) is 28.6 Å². The van der Waals surface area contributed by atoms with Gasteiger partial charge in [0, 0.05) is 17.8 Å². The van der Waals surface area contributed by atoms with Crippen LogP contribution in [0.4, 0.5) is 0 Å². The molecule has 0 aromatic heterocycles. The highest BCUT2D eigenvalue weighted by Gasteiger charge is 2.67. The molecule has 4 aliphatic carbocycles. The second-order valence-electron chi connectivity index (χ2n) is 9.52. The molecule has 0 aromatic rings. The molecule has 0 amide bonds. The Bertz CT molecular complexity index is 633. The summed E-state index contributed by atoms with van der Waals surface area (Å²) in [5.41, 5.74) is -0.899. The molecule has 4 fully saturated rings. The summed E-state index contributed by atoms with van der Waals surface area (Å²) in [6.07, 6.45) is 2.60. The zero-order valence-electron chi connectivity index (χ0n) is 16.4. The fourth-order valence-corrected chi connectivity index (χ4v) is 6.64. The zero-order valence-corrected chi connectivity index (χ0v) is 16.4. The zero-order chi connectivity index (χ0) is 19.5. The highest BCUT2D eigenvalue weighted by Crippen LogP contribution is 2.68. The molecule has 4 saturated carbocycles. The predicted octanol–water partition coefficient (Wildman–Crippen LogP) is 2.64. The summed E-state index contributed by atoms with van der Waals surface area (Å²) in [4.78, 5) is 24.9. The van der Waals surface area contributed by atoms with Crippen molar-refractivity contribution in [2.75, 3.05) is 7.11 Å². The maximum absolute atomic E-state index is 13.1. The summed E-state index contributed by atoms with van der Waals surface area (Å²) in [6, 6.07) is 0. The quantitative estimate of drug-likeness (QED) is 0.592. The third kappa shape index (κ3) is 2.66. The van der Waals surface area contributed by atoms with E-state index >= 15 is 0 Å². The van der Waals surface area contributed by atoms with E-state index in [1.165, 1.54) is 7.11 Å². The lowest BCUT2D eigenvalue weighted by atomic mass is 9.38. The maximum Gasteiger partial charge on any atom is 0.305 e. The first kappa shape index (κ1) is 19.6. The summed E-state index contributed by atoms with van der Waals surface area (Å²) in [7, 11) is 1.38. The molecule has 4 rings (SSSR count). The third-order valence-corrected chi connectivity index (χ3v) is 7.78. The van der Waals surface area contributed by atoms with Crippen molar-refractivity contribution in [2.24, 2.45) is 28.6 Å². The summed E-state index contributed by atoms with van der Waals surface area (Å²) < 4.78 is 4.84. The fourth-order valence-electron chi connectivity index (χ4n) is 6.64. The van der Waals surface area contributed by atoms with Gasteiger partial charge in [-0.1, -0.05) is 19.1 Å². The molecule has 0 heterocycles. The van der Waals surface area contributed by atoms with Crippen LogP contribution in [0.25, 0.3) is 0 Å². The van der Waals surface area contributed by atoms with Crippen LogP contribution in [0.5, 0.6) is 0 Å². The number of hydrogen-bond donors (Lipinski definition) is 2. The summed E-state index contributed by atoms with van der Waals surface area (Å²) >= 11 is 0. The summed E-state index contributed by atoms with van der Waals surface area (Å²) in [5.74, 6) is -0.502. The molecule has 4 aliphatic rings. The number of Topliss-reactive ketones (excluding diaryl/α,β-unsaturated/α-hetero) is 1. The van der Waals surface area contributed by atoms with Crippen molar-refractivity contribution < 1.29 is 24.5 Å². The van der Waals surface area contributed by atoms with E-state index in [9.17, 15) is 19.8 Å². The Kier molecular flexibility index (Phi) is 4.64. The first-order valence-corrected chi connectivity index (χ1v) is 9.66. The first-order chi connectivity index (χ1) is 12.0. The number of ether oxygens (including phenoxy) is 1. The fraction of sp³-hybridized carbons (Fsp3) is 0.810. The number of aliphatic hydroxyl groups excluding tert-OH is 1. The van der Waals surface area contributed by atoms with Crippen LogP contribution in [0.15, 0.2) is 12.2 Å². The van der Waals surface area contributed by atoms with Crippen LogP contribution < -0.4 is 0 Å². The average Bonchev–Trinajstić information content (AvgIpc) is 2.55. The summed E-state index contributed by atoms with van der Waals surface area (Å²) in [5, 5.41) is 21.4. The van der Waals surface area contributed by atoms with E-state index in [-0.39, 0.29) is 41.3 Å². The minimum absolute atomic E-state index is 0.0205. The van der Waals surface area contributed by atoms with E-state index < -0.39 is 17.1 Å². The molecule has 2 bridgehead atoms. The molecular weight excluding hydrogens is 332 g/mol. The molecule has 5 nitrogen and oxygen atoms in total. The minimum Gasteiger partial charge on any atom is -0.469 e. The van der Waals surface area contributed by atoms with E-state index in [4.69, 9.17) is 4.74 Å². The Morgan fingerprint density at radius 2 is 2.08 bits per heavy atom. The van der Waals surface area contributed by atoms with Crippen molar-refractivity contribution in [3.05, 3.63) is 12.2 Å². The van der Waals surface area contributed by atoms with Gasteiger partial charge in [-0.25, -0.2) is 0 Å². The number of carbonyl (C=O) groups excluding carboxylic acids is 2. The second kappa shape index (κ2) is 6.16. The largest absolute Gasteiger partial charge is 0.469 e. The van der Waals surface area contributed by atoms with Gasteiger partial charge < -0.3 is 14.9 Å². The van der Waals surface area contributed by atoms with E-state index in [1.807, 2.05) is 13.8 Å². The Morgan fingerprint density at radius 3 is 2.65 bits per heavy atom. The van der Waals surface area contributed by atoms with Crippen LogP contribution in [0.2, 0.25) is 0 Å². The summed E-state index contributed by atoms with van der Waals surface area (Å²) in [6.45, 7) is 9.90. The third-order valence-electron chi connectivity index (χ3n) is 7.78. The van der Waals surface area contributed by atoms with E-state index in [0.29, 0.717) is 32.1 Å². The van der Waals surface area contributed by atoms with Gasteiger partial charge in [-0.2, -0.15) is 0 Å². The number of rotatable bonds is 4. The molecule has 0 aliphatic heterocycles. The van der Waals surface area contributed by atoms with Crippen LogP contribution in [0.1, 0.15) is 59.3 Å². The van der Waals surface area contributed by atoms with Crippen LogP contribution in [-0.4, -0.2) is 40.8 Å². The highest BCUT2D eigenvalue weighted by atomic mass is 16.5. The number of hydrogen-bond acceptors (Lipinski definition) is 5. The average molecular weight is 364 g/mol. The van der Waals surface area contributed by atoms with Gasteiger partial charge in [0.25, 0.3) is 0 Å². The number of esters is 1. The number of methoxy groups -OCH3 is 1. The minimum atomic E-state index is -0.948. The normalized spacial score (nSPS) is 42.5. The van der Waals surface area contributed by atoms with Gasteiger partial charge in [-0.3, -0.25) is 9.59 Å². The van der Waals surface area contributed by atoms with Crippen molar-refractivity contribution in [3.8, 4) is 0 Å². The second-order valence-corrected chi connectivity index (χ2v) is 9.52. The molecule has 1 spiro atoms. The molecule has 26 heavy (non-hydrogen) atoms. The molecule has 0 aromatic carbocycles. The Hall–Kier alpha value is -1.20. The van der Waals surface area contributed by atoms with Crippen LogP contribution in [-0.2, 0) is 14.3 Å². The lowest BCUT2D eigenvalue weighted by Crippen LogP contribution is -2.66. The molecule has 6 atom stereocenters. The van der Waals surface area contributed by atoms with Crippen LogP contribution >= 0.6 is 0 Å². The van der Waals surface area contributed by atoms with Gasteiger partial charge in [0.2, 0.25) is 0 Å². The van der Waals surface area contributed by atoms with E-state index in [1.54, 1.807) is 0 Å². The van der Waals surface area contributed by atoms with Gasteiger partial charge in [-0.05, 0) is 63.2 Å². The molecule has 0 unspecified atom stereocenters. The highest BCUT2D eigenvalue weighted by molar-refractivity contribution is 5.92. The lowest BCUT2D eigenvalue weighted by molar-refractivity contribution is -0.195. The van der Waals surface area contributed by atoms with Gasteiger partial charge >= 0.3 is 5.97 Å². The number of ketones is 1. The Labute approximate surface area is 155 Å². The monoisotopic (exact) mass is 364 g/mol. The number of carbonyl (C=O) groups is 2. The van der Waals surface area contributed by atoms with Gasteiger partial charge in [0.15, 0.2) is 5.78 Å². The first-order valence-electron chi connectivity index (χ1n) is 9.66. The molecule has 2 N–H and O–H groups in total. The molecule has 0 radical (unpaired) electrons. The van der Waals surface area contributed by atoms with Crippen LogP contribution in [0.3, 0.4) is 0 Å². The van der Waals surface area contributed by atoms with Crippen molar-refractivity contribution in [1.82, 2.24) is 0 Å². The smallest absolute Gasteiger partial charge is 0.305 e. The topological polar surface area (TPSA) is 83.8 Å². The van der Waals surface area contributed by atoms with Gasteiger partial charge in [0.05, 0.1) is 12.7 Å². The standard InChI is InChI=1S/C21H32O5/c1-12-11-21-9-6-14(19(2,3)25)20(4,8-7-16(22)26-5)15(21)10-13(12)17(23)18(21)24/h13-15,17,23,25H,1,6-11H2,2-5H3/t13-,14-,15+,17-,20-,21-/m1/s1. The van der Waals surface area contributed by atoms with E-state index in [0.717, 1.165) is 5.57 Å².